The summed E-state index contributed by atoms with van der Waals surface area (Å²) in [6.07, 6.45) is 1.30. The van der Waals surface area contributed by atoms with Crippen LogP contribution in [-0.4, -0.2) is 56.3 Å². The summed E-state index contributed by atoms with van der Waals surface area (Å²) in [6, 6.07) is 3.42. The third kappa shape index (κ3) is 3.25. The number of hydrogen-bond acceptors (Lipinski definition) is 8. The summed E-state index contributed by atoms with van der Waals surface area (Å²) in [5.74, 6) is -0.384. The highest BCUT2D eigenvalue weighted by atomic mass is 32.2. The number of methoxy groups -OCH3 is 1. The van der Waals surface area contributed by atoms with Gasteiger partial charge in [0.05, 0.1) is 24.7 Å². The molecule has 3 N–H and O–H groups in total. The van der Waals surface area contributed by atoms with E-state index in [0.717, 1.165) is 6.07 Å². The number of rotatable bonds is 4. The Labute approximate surface area is 166 Å². The monoisotopic (exact) mass is 421 g/mol. The second-order valence-electron chi connectivity index (χ2n) is 6.72. The van der Waals surface area contributed by atoms with Crippen LogP contribution in [0.3, 0.4) is 0 Å². The minimum atomic E-state index is -4.14. The van der Waals surface area contributed by atoms with Crippen molar-refractivity contribution in [3.8, 4) is 5.75 Å². The summed E-state index contributed by atoms with van der Waals surface area (Å²) in [6.45, 7) is 3.67. The molecule has 2 aromatic heterocycles. The fourth-order valence-corrected chi connectivity index (χ4v) is 4.93. The number of aromatic nitrogens is 3. The third-order valence-corrected chi connectivity index (χ3v) is 6.61. The van der Waals surface area contributed by atoms with Gasteiger partial charge in [-0.2, -0.15) is 0 Å². The van der Waals surface area contributed by atoms with Crippen LogP contribution in [0.5, 0.6) is 5.75 Å². The lowest BCUT2D eigenvalue weighted by molar-refractivity contribution is 0.0530. The molecule has 4 rings (SSSR count). The molecule has 0 spiro atoms. The number of nitrogens with two attached hydrogens (primary N) is 1. The highest BCUT2D eigenvalue weighted by Crippen LogP contribution is 2.36. The maximum absolute atomic E-state index is 14.1. The molecule has 29 heavy (non-hydrogen) atoms. The van der Waals surface area contributed by atoms with Crippen LogP contribution in [0, 0.1) is 5.82 Å². The van der Waals surface area contributed by atoms with Crippen LogP contribution in [0.4, 0.5) is 16.0 Å². The zero-order valence-corrected chi connectivity index (χ0v) is 16.7. The Hall–Kier alpha value is -2.92. The molecule has 154 valence electrons. The topological polar surface area (TPSA) is 123 Å². The van der Waals surface area contributed by atoms with E-state index in [1.807, 2.05) is 11.8 Å². The Morgan fingerprint density at radius 1 is 1.38 bits per heavy atom. The van der Waals surface area contributed by atoms with Gasteiger partial charge in [0.2, 0.25) is 9.84 Å². The molecular weight excluding hydrogens is 401 g/mol. The number of nitrogens with zero attached hydrogens (tertiary/aromatic N) is 3. The summed E-state index contributed by atoms with van der Waals surface area (Å²) >= 11 is 0. The van der Waals surface area contributed by atoms with Crippen molar-refractivity contribution in [2.24, 2.45) is 0 Å². The lowest BCUT2D eigenvalue weighted by Gasteiger charge is -2.32. The summed E-state index contributed by atoms with van der Waals surface area (Å²) in [5.41, 5.74) is 6.60. The Bertz CT molecular complexity index is 1180. The number of hydrogen-bond donors (Lipinski definition) is 2. The third-order valence-electron chi connectivity index (χ3n) is 4.79. The van der Waals surface area contributed by atoms with Crippen LogP contribution < -0.4 is 15.4 Å². The second kappa shape index (κ2) is 7.16. The lowest BCUT2D eigenvalue weighted by Crippen LogP contribution is -2.41. The number of morpholine rings is 1. The average molecular weight is 421 g/mol. The normalized spacial score (nSPS) is 17.6. The van der Waals surface area contributed by atoms with Crippen molar-refractivity contribution in [2.45, 2.75) is 22.8 Å². The molecule has 1 fully saturated rings. The van der Waals surface area contributed by atoms with E-state index < -0.39 is 15.7 Å². The predicted octanol–water partition coefficient (Wildman–Crippen LogP) is 1.75. The molecule has 1 unspecified atom stereocenters. The van der Waals surface area contributed by atoms with Gasteiger partial charge in [-0.05, 0) is 25.1 Å². The van der Waals surface area contributed by atoms with Crippen LogP contribution in [-0.2, 0) is 14.6 Å². The second-order valence-corrected chi connectivity index (χ2v) is 8.60. The van der Waals surface area contributed by atoms with Gasteiger partial charge in [-0.1, -0.05) is 0 Å². The molecule has 1 atom stereocenters. The number of nitrogens with one attached hydrogen (secondary N) is 1. The number of anilines is 2. The van der Waals surface area contributed by atoms with E-state index in [1.165, 1.54) is 25.6 Å². The highest BCUT2D eigenvalue weighted by molar-refractivity contribution is 7.92. The van der Waals surface area contributed by atoms with Crippen molar-refractivity contribution in [3.63, 3.8) is 0 Å². The van der Waals surface area contributed by atoms with Crippen molar-refractivity contribution in [1.82, 2.24) is 15.0 Å². The largest absolute Gasteiger partial charge is 0.494 e. The van der Waals surface area contributed by atoms with Gasteiger partial charge in [0.1, 0.15) is 28.1 Å². The smallest absolute Gasteiger partial charge is 0.212 e. The zero-order chi connectivity index (χ0) is 20.8. The standard InChI is InChI=1S/C18H20FN5O4S/c1-10-8-24(5-6-28-10)18-15-14(21-9-22-18)16(17(20)23-15)29(25,26)11-3-4-13(27-2)12(19)7-11/h3-4,7,9-10,23H,5-6,8,20H2,1-2H3. The van der Waals surface area contributed by atoms with Gasteiger partial charge in [-0.3, -0.25) is 0 Å². The van der Waals surface area contributed by atoms with Gasteiger partial charge in [0.15, 0.2) is 17.4 Å². The molecule has 0 saturated carbocycles. The SMILES string of the molecule is COc1ccc(S(=O)(=O)c2c(N)[nH]c3c(N4CCOC(C)C4)ncnc23)cc1F. The van der Waals surface area contributed by atoms with Crippen molar-refractivity contribution >= 4 is 32.5 Å². The van der Waals surface area contributed by atoms with E-state index in [9.17, 15) is 12.8 Å². The number of halogens is 1. The van der Waals surface area contributed by atoms with Crippen LogP contribution >= 0.6 is 0 Å². The molecule has 1 aliphatic rings. The number of H-pyrrole nitrogens is 1. The molecule has 3 aromatic rings. The molecule has 1 saturated heterocycles. The maximum atomic E-state index is 14.1. The van der Waals surface area contributed by atoms with E-state index >= 15 is 0 Å². The number of ether oxygens (including phenoxy) is 2. The summed E-state index contributed by atoms with van der Waals surface area (Å²) in [7, 11) is -2.84. The average Bonchev–Trinajstić information content (AvgIpc) is 3.04. The van der Waals surface area contributed by atoms with Gasteiger partial charge in [-0.15, -0.1) is 0 Å². The van der Waals surface area contributed by atoms with Gasteiger partial charge < -0.3 is 25.1 Å². The minimum absolute atomic E-state index is 0.00607. The molecule has 3 heterocycles. The lowest BCUT2D eigenvalue weighted by atomic mass is 10.3. The molecule has 0 amide bonds. The van der Waals surface area contributed by atoms with Crippen molar-refractivity contribution in [3.05, 3.63) is 30.3 Å². The Morgan fingerprint density at radius 3 is 2.86 bits per heavy atom. The van der Waals surface area contributed by atoms with E-state index in [2.05, 4.69) is 15.0 Å². The van der Waals surface area contributed by atoms with E-state index in [-0.39, 0.29) is 33.0 Å². The number of benzene rings is 1. The molecule has 0 bridgehead atoms. The first-order valence-corrected chi connectivity index (χ1v) is 10.4. The fraction of sp³-hybridized carbons (Fsp3) is 0.333. The maximum Gasteiger partial charge on any atom is 0.212 e. The van der Waals surface area contributed by atoms with Crippen LogP contribution in [0.15, 0.2) is 34.3 Å². The molecule has 0 radical (unpaired) electrons. The Kier molecular flexibility index (Phi) is 4.79. The number of nitrogen functional groups attached to an aromatic ring is 1. The molecule has 11 heteroatoms. The molecular formula is C18H20FN5O4S. The van der Waals surface area contributed by atoms with Gasteiger partial charge in [0, 0.05) is 13.1 Å². The van der Waals surface area contributed by atoms with Crippen LogP contribution in [0.2, 0.25) is 0 Å². The molecule has 1 aliphatic heterocycles. The van der Waals surface area contributed by atoms with E-state index in [4.69, 9.17) is 15.2 Å². The van der Waals surface area contributed by atoms with Crippen molar-refractivity contribution in [2.75, 3.05) is 37.4 Å². The molecule has 0 aliphatic carbocycles. The Morgan fingerprint density at radius 2 is 2.17 bits per heavy atom. The zero-order valence-electron chi connectivity index (χ0n) is 15.8. The van der Waals surface area contributed by atoms with Gasteiger partial charge in [0.25, 0.3) is 0 Å². The first-order chi connectivity index (χ1) is 13.8. The van der Waals surface area contributed by atoms with Crippen LogP contribution in [0.25, 0.3) is 11.0 Å². The summed E-state index contributed by atoms with van der Waals surface area (Å²) < 4.78 is 51.0. The van der Waals surface area contributed by atoms with Crippen molar-refractivity contribution in [1.29, 1.82) is 0 Å². The number of sulfone groups is 1. The Balaban J connectivity index is 1.85. The first kappa shape index (κ1) is 19.4. The highest BCUT2D eigenvalue weighted by Gasteiger charge is 2.30. The molecule has 9 nitrogen and oxygen atoms in total. The predicted molar refractivity (Wildman–Crippen MR) is 104 cm³/mol. The van der Waals surface area contributed by atoms with Gasteiger partial charge >= 0.3 is 0 Å². The van der Waals surface area contributed by atoms with E-state index in [1.54, 1.807) is 0 Å². The summed E-state index contributed by atoms with van der Waals surface area (Å²) in [4.78, 5) is 12.9. The van der Waals surface area contributed by atoms with Crippen LogP contribution in [0.1, 0.15) is 6.92 Å². The van der Waals surface area contributed by atoms with E-state index in [0.29, 0.717) is 31.0 Å². The molecule has 1 aromatic carbocycles. The first-order valence-electron chi connectivity index (χ1n) is 8.90. The number of aromatic amines is 1. The van der Waals surface area contributed by atoms with Crippen molar-refractivity contribution < 1.29 is 22.3 Å². The number of fused-ring (bicyclic) bond motifs is 1. The quantitative estimate of drug-likeness (QED) is 0.653. The summed E-state index contributed by atoms with van der Waals surface area (Å²) in [5, 5.41) is 0. The van der Waals surface area contributed by atoms with Gasteiger partial charge in [-0.25, -0.2) is 22.8 Å². The fourth-order valence-electron chi connectivity index (χ4n) is 3.44. The minimum Gasteiger partial charge on any atom is -0.494 e.